The summed E-state index contributed by atoms with van der Waals surface area (Å²) in [6.07, 6.45) is 2.61. The van der Waals surface area contributed by atoms with E-state index in [1.54, 1.807) is 12.1 Å². The van der Waals surface area contributed by atoms with Crippen molar-refractivity contribution in [2.75, 3.05) is 17.2 Å². The number of amides is 2. The summed E-state index contributed by atoms with van der Waals surface area (Å²) in [5.41, 5.74) is 2.75. The molecule has 3 N–H and O–H groups in total. The van der Waals surface area contributed by atoms with Crippen LogP contribution < -0.4 is 16.0 Å². The summed E-state index contributed by atoms with van der Waals surface area (Å²) in [5.74, 6) is -0.208. The van der Waals surface area contributed by atoms with Crippen LogP contribution in [-0.2, 0) is 4.79 Å². The molecule has 26 heavy (non-hydrogen) atoms. The molecule has 2 aromatic rings. The summed E-state index contributed by atoms with van der Waals surface area (Å²) in [6.45, 7) is 2.83. The first-order chi connectivity index (χ1) is 12.1. The molecule has 0 aliphatic carbocycles. The highest BCUT2D eigenvalue weighted by Gasteiger charge is 2.19. The Labute approximate surface area is 160 Å². The summed E-state index contributed by atoms with van der Waals surface area (Å²) in [6, 6.07) is 15.0. The lowest BCUT2D eigenvalue weighted by Gasteiger charge is -2.14. The number of hydrogen-bond acceptors (Lipinski definition) is 3. The Morgan fingerprint density at radius 1 is 1.08 bits per heavy atom. The van der Waals surface area contributed by atoms with Gasteiger partial charge in [0.15, 0.2) is 0 Å². The van der Waals surface area contributed by atoms with Crippen LogP contribution in [0.4, 0.5) is 11.4 Å². The molecular formula is C20H24ClN3O2. The highest BCUT2D eigenvalue weighted by molar-refractivity contribution is 6.06. The van der Waals surface area contributed by atoms with Crippen LogP contribution in [-0.4, -0.2) is 24.4 Å². The highest BCUT2D eigenvalue weighted by Crippen LogP contribution is 2.21. The number of nitrogens with one attached hydrogen (secondary N) is 3. The minimum absolute atomic E-state index is 0. The standard InChI is InChI=1S/C20H23N3O2.ClH/c1-14-17(20(25)22-15-7-3-2-4-8-15)10-5-11-18(14)23-19(24)13-16-9-6-12-21-16;/h2-5,7-8,10-11,16,21H,6,9,12-13H2,1H3,(H,22,25)(H,23,24);1H. The van der Waals surface area contributed by atoms with Gasteiger partial charge < -0.3 is 16.0 Å². The zero-order valence-electron chi connectivity index (χ0n) is 14.7. The topological polar surface area (TPSA) is 70.2 Å². The lowest BCUT2D eigenvalue weighted by molar-refractivity contribution is -0.116. The molecule has 0 radical (unpaired) electrons. The van der Waals surface area contributed by atoms with Crippen molar-refractivity contribution in [3.05, 3.63) is 59.7 Å². The van der Waals surface area contributed by atoms with Crippen LogP contribution in [0.5, 0.6) is 0 Å². The van der Waals surface area contributed by atoms with Crippen LogP contribution in [0.1, 0.15) is 35.2 Å². The summed E-state index contributed by atoms with van der Waals surface area (Å²) in [5, 5.41) is 9.13. The fourth-order valence-electron chi connectivity index (χ4n) is 3.09. The van der Waals surface area contributed by atoms with Crippen molar-refractivity contribution in [1.29, 1.82) is 0 Å². The average molecular weight is 374 g/mol. The van der Waals surface area contributed by atoms with E-state index >= 15 is 0 Å². The molecule has 1 aliphatic rings. The second kappa shape index (κ2) is 9.36. The monoisotopic (exact) mass is 373 g/mol. The molecule has 1 atom stereocenters. The Morgan fingerprint density at radius 2 is 1.85 bits per heavy atom. The Bertz CT molecular complexity index is 759. The van der Waals surface area contributed by atoms with Gasteiger partial charge in [-0.15, -0.1) is 12.4 Å². The molecule has 0 spiro atoms. The van der Waals surface area contributed by atoms with E-state index in [2.05, 4.69) is 16.0 Å². The zero-order chi connectivity index (χ0) is 17.6. The van der Waals surface area contributed by atoms with Crippen molar-refractivity contribution >= 4 is 35.6 Å². The van der Waals surface area contributed by atoms with E-state index in [4.69, 9.17) is 0 Å². The number of anilines is 2. The zero-order valence-corrected chi connectivity index (χ0v) is 15.6. The molecule has 1 aliphatic heterocycles. The maximum Gasteiger partial charge on any atom is 0.256 e. The van der Waals surface area contributed by atoms with Crippen LogP contribution in [0.2, 0.25) is 0 Å². The summed E-state index contributed by atoms with van der Waals surface area (Å²) >= 11 is 0. The molecule has 1 heterocycles. The van der Waals surface area contributed by atoms with Gasteiger partial charge in [-0.05, 0) is 56.1 Å². The van der Waals surface area contributed by atoms with Crippen molar-refractivity contribution in [2.24, 2.45) is 0 Å². The fourth-order valence-corrected chi connectivity index (χ4v) is 3.09. The Morgan fingerprint density at radius 3 is 2.54 bits per heavy atom. The van der Waals surface area contributed by atoms with Gasteiger partial charge in [0, 0.05) is 29.4 Å². The second-order valence-electron chi connectivity index (χ2n) is 6.34. The van der Waals surface area contributed by atoms with Gasteiger partial charge in [-0.1, -0.05) is 24.3 Å². The highest BCUT2D eigenvalue weighted by atomic mass is 35.5. The first-order valence-electron chi connectivity index (χ1n) is 8.63. The Kier molecular flexibility index (Phi) is 7.18. The molecule has 0 aromatic heterocycles. The summed E-state index contributed by atoms with van der Waals surface area (Å²) in [7, 11) is 0. The van der Waals surface area contributed by atoms with E-state index in [0.29, 0.717) is 17.7 Å². The van der Waals surface area contributed by atoms with Crippen molar-refractivity contribution in [3.8, 4) is 0 Å². The summed E-state index contributed by atoms with van der Waals surface area (Å²) in [4.78, 5) is 24.8. The lowest BCUT2D eigenvalue weighted by Crippen LogP contribution is -2.27. The second-order valence-corrected chi connectivity index (χ2v) is 6.34. The lowest BCUT2D eigenvalue weighted by atomic mass is 10.1. The SMILES string of the molecule is Cc1c(NC(=O)CC2CCCN2)cccc1C(=O)Nc1ccccc1.Cl. The maximum atomic E-state index is 12.5. The van der Waals surface area contributed by atoms with Crippen LogP contribution >= 0.6 is 12.4 Å². The van der Waals surface area contributed by atoms with Gasteiger partial charge >= 0.3 is 0 Å². The molecule has 2 aromatic carbocycles. The quantitative estimate of drug-likeness (QED) is 0.747. The normalized spacial score (nSPS) is 15.8. The third-order valence-corrected chi connectivity index (χ3v) is 4.48. The van der Waals surface area contributed by atoms with Crippen molar-refractivity contribution in [2.45, 2.75) is 32.2 Å². The van der Waals surface area contributed by atoms with E-state index in [9.17, 15) is 9.59 Å². The van der Waals surface area contributed by atoms with Gasteiger partial charge in [-0.3, -0.25) is 9.59 Å². The van der Waals surface area contributed by atoms with Gasteiger partial charge in [0.1, 0.15) is 0 Å². The molecule has 1 fully saturated rings. The first-order valence-corrected chi connectivity index (χ1v) is 8.63. The fraction of sp³-hybridized carbons (Fsp3) is 0.300. The summed E-state index contributed by atoms with van der Waals surface area (Å²) < 4.78 is 0. The number of carbonyl (C=O) groups excluding carboxylic acids is 2. The van der Waals surface area contributed by atoms with Crippen molar-refractivity contribution < 1.29 is 9.59 Å². The number of carbonyl (C=O) groups is 2. The van der Waals surface area contributed by atoms with Gasteiger partial charge in [0.25, 0.3) is 5.91 Å². The Balaban J connectivity index is 0.00000243. The molecular weight excluding hydrogens is 350 g/mol. The minimum Gasteiger partial charge on any atom is -0.326 e. The minimum atomic E-state index is -0.183. The maximum absolute atomic E-state index is 12.5. The van der Waals surface area contributed by atoms with E-state index < -0.39 is 0 Å². The van der Waals surface area contributed by atoms with Crippen LogP contribution in [0, 0.1) is 6.92 Å². The first kappa shape index (κ1) is 19.9. The molecule has 3 rings (SSSR count). The average Bonchev–Trinajstić information content (AvgIpc) is 3.10. The molecule has 1 unspecified atom stereocenters. The number of halogens is 1. The van der Waals surface area contributed by atoms with E-state index in [1.165, 1.54) is 0 Å². The van der Waals surface area contributed by atoms with Crippen LogP contribution in [0.3, 0.4) is 0 Å². The van der Waals surface area contributed by atoms with E-state index in [0.717, 1.165) is 30.6 Å². The number of rotatable bonds is 5. The molecule has 6 heteroatoms. The predicted octanol–water partition coefficient (Wildman–Crippen LogP) is 3.75. The van der Waals surface area contributed by atoms with E-state index in [1.807, 2.05) is 43.3 Å². The van der Waals surface area contributed by atoms with Crippen molar-refractivity contribution in [1.82, 2.24) is 5.32 Å². The number of para-hydroxylation sites is 1. The molecule has 138 valence electrons. The van der Waals surface area contributed by atoms with Gasteiger partial charge in [0.2, 0.25) is 5.91 Å². The number of benzene rings is 2. The molecule has 1 saturated heterocycles. The molecule has 0 saturated carbocycles. The third-order valence-electron chi connectivity index (χ3n) is 4.48. The molecule has 0 bridgehead atoms. The van der Waals surface area contributed by atoms with Crippen molar-refractivity contribution in [3.63, 3.8) is 0 Å². The van der Waals surface area contributed by atoms with Crippen LogP contribution in [0.25, 0.3) is 0 Å². The Hall–Kier alpha value is -2.37. The van der Waals surface area contributed by atoms with Gasteiger partial charge in [-0.2, -0.15) is 0 Å². The predicted molar refractivity (Wildman–Crippen MR) is 107 cm³/mol. The number of hydrogen-bond donors (Lipinski definition) is 3. The molecule has 5 nitrogen and oxygen atoms in total. The largest absolute Gasteiger partial charge is 0.326 e. The van der Waals surface area contributed by atoms with Gasteiger partial charge in [-0.25, -0.2) is 0 Å². The molecule has 2 amide bonds. The van der Waals surface area contributed by atoms with Gasteiger partial charge in [0.05, 0.1) is 0 Å². The van der Waals surface area contributed by atoms with Crippen LogP contribution in [0.15, 0.2) is 48.5 Å². The smallest absolute Gasteiger partial charge is 0.256 e. The third kappa shape index (κ3) is 5.07. The van der Waals surface area contributed by atoms with E-state index in [-0.39, 0.29) is 30.3 Å².